The van der Waals surface area contributed by atoms with Gasteiger partial charge in [-0.15, -0.1) is 0 Å². The standard InChI is InChI=1S/C17H14FN3O.C2HF3O2/c1-11(22)20-15-8-4-12(5-9-15)16-10-19-21-17(16)13-2-6-14(18)7-3-13;3-2(4,5)1(6)7/h2-10H,1H3,(H,19,21)(H,20,22);(H,6,7). The quantitative estimate of drug-likeness (QED) is 0.556. The summed E-state index contributed by atoms with van der Waals surface area (Å²) < 4.78 is 44.8. The molecular weight excluding hydrogens is 394 g/mol. The molecule has 1 heterocycles. The number of rotatable bonds is 3. The van der Waals surface area contributed by atoms with Crippen molar-refractivity contribution in [3.63, 3.8) is 0 Å². The molecule has 1 amide bonds. The number of benzene rings is 2. The van der Waals surface area contributed by atoms with Gasteiger partial charge in [0, 0.05) is 23.7 Å². The van der Waals surface area contributed by atoms with Gasteiger partial charge in [0.15, 0.2) is 0 Å². The highest BCUT2D eigenvalue weighted by molar-refractivity contribution is 5.89. The Hall–Kier alpha value is -3.69. The number of carbonyl (C=O) groups excluding carboxylic acids is 1. The van der Waals surface area contributed by atoms with Gasteiger partial charge < -0.3 is 10.4 Å². The molecule has 6 nitrogen and oxygen atoms in total. The minimum atomic E-state index is -5.08. The van der Waals surface area contributed by atoms with E-state index in [-0.39, 0.29) is 11.7 Å². The molecular formula is C19H15F4N3O3. The van der Waals surface area contributed by atoms with E-state index in [4.69, 9.17) is 9.90 Å². The molecule has 0 aliphatic rings. The Balaban J connectivity index is 0.000000370. The first kappa shape index (κ1) is 21.6. The number of nitrogens with one attached hydrogen (secondary N) is 2. The van der Waals surface area contributed by atoms with Crippen LogP contribution < -0.4 is 5.32 Å². The number of hydrogen-bond acceptors (Lipinski definition) is 3. The number of anilines is 1. The molecule has 10 heteroatoms. The molecule has 29 heavy (non-hydrogen) atoms. The molecule has 0 atom stereocenters. The van der Waals surface area contributed by atoms with E-state index in [0.29, 0.717) is 0 Å². The van der Waals surface area contributed by atoms with Gasteiger partial charge in [-0.05, 0) is 42.0 Å². The fourth-order valence-corrected chi connectivity index (χ4v) is 2.28. The molecule has 3 aromatic rings. The zero-order valence-electron chi connectivity index (χ0n) is 14.9. The number of aromatic nitrogens is 2. The van der Waals surface area contributed by atoms with Crippen molar-refractivity contribution in [2.45, 2.75) is 13.1 Å². The van der Waals surface area contributed by atoms with Crippen LogP contribution >= 0.6 is 0 Å². The van der Waals surface area contributed by atoms with Crippen LogP contribution in [0.1, 0.15) is 6.92 Å². The second kappa shape index (κ2) is 9.00. The monoisotopic (exact) mass is 409 g/mol. The molecule has 0 aliphatic heterocycles. The lowest BCUT2D eigenvalue weighted by molar-refractivity contribution is -0.192. The zero-order valence-corrected chi connectivity index (χ0v) is 14.9. The van der Waals surface area contributed by atoms with Crippen LogP contribution in [0, 0.1) is 5.82 Å². The molecule has 0 radical (unpaired) electrons. The Morgan fingerprint density at radius 3 is 2.00 bits per heavy atom. The van der Waals surface area contributed by atoms with Crippen LogP contribution in [0.5, 0.6) is 0 Å². The summed E-state index contributed by atoms with van der Waals surface area (Å²) in [5.41, 5.74) is 4.30. The van der Waals surface area contributed by atoms with E-state index >= 15 is 0 Å². The van der Waals surface area contributed by atoms with E-state index in [2.05, 4.69) is 15.5 Å². The molecule has 0 aliphatic carbocycles. The Kier molecular flexibility index (Phi) is 6.71. The van der Waals surface area contributed by atoms with Gasteiger partial charge in [-0.1, -0.05) is 12.1 Å². The van der Waals surface area contributed by atoms with Crippen LogP contribution in [0.3, 0.4) is 0 Å². The van der Waals surface area contributed by atoms with Gasteiger partial charge in [0.1, 0.15) is 5.82 Å². The fraction of sp³-hybridized carbons (Fsp3) is 0.105. The van der Waals surface area contributed by atoms with Gasteiger partial charge in [0.2, 0.25) is 5.91 Å². The normalized spacial score (nSPS) is 10.7. The third kappa shape index (κ3) is 6.16. The van der Waals surface area contributed by atoms with Crippen molar-refractivity contribution in [2.24, 2.45) is 0 Å². The molecule has 0 unspecified atom stereocenters. The minimum absolute atomic E-state index is 0.108. The first-order valence-electron chi connectivity index (χ1n) is 8.05. The van der Waals surface area contributed by atoms with Crippen LogP contribution in [0.15, 0.2) is 54.7 Å². The molecule has 0 saturated heterocycles. The lowest BCUT2D eigenvalue weighted by Gasteiger charge is -2.06. The number of aromatic amines is 1. The number of aliphatic carboxylic acids is 1. The largest absolute Gasteiger partial charge is 0.490 e. The molecule has 0 spiro atoms. The number of H-pyrrole nitrogens is 1. The van der Waals surface area contributed by atoms with Gasteiger partial charge in [0.25, 0.3) is 0 Å². The summed E-state index contributed by atoms with van der Waals surface area (Å²) in [7, 11) is 0. The summed E-state index contributed by atoms with van der Waals surface area (Å²) in [5, 5.41) is 16.9. The van der Waals surface area contributed by atoms with Gasteiger partial charge in [0.05, 0.1) is 11.9 Å². The minimum Gasteiger partial charge on any atom is -0.475 e. The first-order valence-corrected chi connectivity index (χ1v) is 8.05. The first-order chi connectivity index (χ1) is 13.6. The van der Waals surface area contributed by atoms with Crippen molar-refractivity contribution in [1.82, 2.24) is 10.2 Å². The number of carbonyl (C=O) groups is 2. The summed E-state index contributed by atoms with van der Waals surface area (Å²) in [6.07, 6.45) is -3.36. The summed E-state index contributed by atoms with van der Waals surface area (Å²) in [6.45, 7) is 1.47. The molecule has 3 rings (SSSR count). The van der Waals surface area contributed by atoms with Crippen LogP contribution in [-0.4, -0.2) is 33.4 Å². The Morgan fingerprint density at radius 1 is 1.00 bits per heavy atom. The van der Waals surface area contributed by atoms with Crippen molar-refractivity contribution in [3.05, 3.63) is 60.5 Å². The van der Waals surface area contributed by atoms with Crippen molar-refractivity contribution < 1.29 is 32.3 Å². The number of nitrogens with zero attached hydrogens (tertiary/aromatic N) is 1. The van der Waals surface area contributed by atoms with E-state index in [0.717, 1.165) is 28.1 Å². The number of carboxylic acid groups (broad SMARTS) is 1. The smallest absolute Gasteiger partial charge is 0.475 e. The molecule has 0 fully saturated rings. The maximum absolute atomic E-state index is 13.0. The average molecular weight is 409 g/mol. The lowest BCUT2D eigenvalue weighted by Crippen LogP contribution is -2.21. The van der Waals surface area contributed by atoms with Crippen LogP contribution in [0.4, 0.5) is 23.2 Å². The molecule has 0 saturated carbocycles. The molecule has 2 aromatic carbocycles. The van der Waals surface area contributed by atoms with E-state index in [9.17, 15) is 22.4 Å². The predicted molar refractivity (Wildman–Crippen MR) is 97.4 cm³/mol. The van der Waals surface area contributed by atoms with E-state index < -0.39 is 12.1 Å². The number of hydrogen-bond donors (Lipinski definition) is 3. The number of amides is 1. The lowest BCUT2D eigenvalue weighted by atomic mass is 10.0. The maximum atomic E-state index is 13.0. The zero-order chi connectivity index (χ0) is 21.6. The second-order valence-electron chi connectivity index (χ2n) is 5.73. The Labute approximate surface area is 162 Å². The van der Waals surface area contributed by atoms with Crippen LogP contribution in [-0.2, 0) is 9.59 Å². The average Bonchev–Trinajstić information content (AvgIpc) is 3.12. The molecule has 152 valence electrons. The van der Waals surface area contributed by atoms with Gasteiger partial charge in [-0.2, -0.15) is 18.3 Å². The van der Waals surface area contributed by atoms with Gasteiger partial charge in [-0.25, -0.2) is 9.18 Å². The number of halogens is 4. The SMILES string of the molecule is CC(=O)Nc1ccc(-c2cn[nH]c2-c2ccc(F)cc2)cc1.O=C(O)C(F)(F)F. The number of carboxylic acids is 1. The van der Waals surface area contributed by atoms with E-state index in [1.807, 2.05) is 24.3 Å². The van der Waals surface area contributed by atoms with Crippen LogP contribution in [0.25, 0.3) is 22.4 Å². The van der Waals surface area contributed by atoms with Gasteiger partial charge >= 0.3 is 12.1 Å². The molecule has 3 N–H and O–H groups in total. The summed E-state index contributed by atoms with van der Waals surface area (Å²) >= 11 is 0. The van der Waals surface area contributed by atoms with E-state index in [1.165, 1.54) is 19.1 Å². The topological polar surface area (TPSA) is 95.1 Å². The summed E-state index contributed by atoms with van der Waals surface area (Å²) in [4.78, 5) is 19.9. The Bertz CT molecular complexity index is 981. The second-order valence-corrected chi connectivity index (χ2v) is 5.73. The fourth-order valence-electron chi connectivity index (χ4n) is 2.28. The van der Waals surface area contributed by atoms with Crippen molar-refractivity contribution in [3.8, 4) is 22.4 Å². The van der Waals surface area contributed by atoms with Gasteiger partial charge in [-0.3, -0.25) is 9.89 Å². The van der Waals surface area contributed by atoms with Crippen molar-refractivity contribution in [2.75, 3.05) is 5.32 Å². The highest BCUT2D eigenvalue weighted by atomic mass is 19.4. The summed E-state index contributed by atoms with van der Waals surface area (Å²) in [5.74, 6) is -3.14. The summed E-state index contributed by atoms with van der Waals surface area (Å²) in [6, 6.07) is 13.7. The maximum Gasteiger partial charge on any atom is 0.490 e. The highest BCUT2D eigenvalue weighted by Gasteiger charge is 2.38. The van der Waals surface area contributed by atoms with Crippen molar-refractivity contribution >= 4 is 17.6 Å². The predicted octanol–water partition coefficient (Wildman–Crippen LogP) is 4.47. The van der Waals surface area contributed by atoms with Crippen LogP contribution in [0.2, 0.25) is 0 Å². The van der Waals surface area contributed by atoms with E-state index in [1.54, 1.807) is 18.3 Å². The highest BCUT2D eigenvalue weighted by Crippen LogP contribution is 2.30. The van der Waals surface area contributed by atoms with Crippen molar-refractivity contribution in [1.29, 1.82) is 0 Å². The third-order valence-corrected chi connectivity index (χ3v) is 3.53. The third-order valence-electron chi connectivity index (χ3n) is 3.53. The Morgan fingerprint density at radius 2 is 1.52 bits per heavy atom. The number of alkyl halides is 3. The molecule has 0 bridgehead atoms. The molecule has 1 aromatic heterocycles.